The van der Waals surface area contributed by atoms with E-state index in [1.54, 1.807) is 0 Å². The molecule has 1 aromatic rings. The number of likely N-dealkylation sites (tertiary alicyclic amines) is 1. The summed E-state index contributed by atoms with van der Waals surface area (Å²) in [5, 5.41) is 0. The predicted octanol–water partition coefficient (Wildman–Crippen LogP) is 3.39. The molecule has 0 atom stereocenters. The molecular formula is C17H22N2O. The van der Waals surface area contributed by atoms with Crippen molar-refractivity contribution in [3.63, 3.8) is 0 Å². The molecule has 0 aromatic heterocycles. The molecule has 1 aliphatic heterocycles. The first-order chi connectivity index (χ1) is 9.84. The first kappa shape index (κ1) is 13.5. The monoisotopic (exact) mass is 270 g/mol. The number of aliphatic imine (C=N–C) groups is 1. The van der Waals surface area contributed by atoms with Crippen molar-refractivity contribution in [2.75, 3.05) is 13.1 Å². The molecule has 106 valence electrons. The van der Waals surface area contributed by atoms with Crippen LogP contribution in [0.15, 0.2) is 29.3 Å². The van der Waals surface area contributed by atoms with Crippen molar-refractivity contribution in [3.8, 4) is 0 Å². The molecule has 0 bridgehead atoms. The Bertz CT molecular complexity index is 507. The van der Waals surface area contributed by atoms with Gasteiger partial charge in [0.1, 0.15) is 0 Å². The number of nitrogens with zero attached hydrogens (tertiary/aromatic N) is 2. The van der Waals surface area contributed by atoms with Crippen LogP contribution in [0.2, 0.25) is 0 Å². The predicted molar refractivity (Wildman–Crippen MR) is 79.2 cm³/mol. The van der Waals surface area contributed by atoms with Crippen LogP contribution in [-0.4, -0.2) is 24.1 Å². The maximum Gasteiger partial charge on any atom is 0.235 e. The third-order valence-electron chi connectivity index (χ3n) is 4.80. The molecule has 0 unspecified atom stereocenters. The van der Waals surface area contributed by atoms with E-state index in [4.69, 9.17) is 0 Å². The molecule has 20 heavy (non-hydrogen) atoms. The normalized spacial score (nSPS) is 21.8. The van der Waals surface area contributed by atoms with Gasteiger partial charge in [-0.2, -0.15) is 4.99 Å². The van der Waals surface area contributed by atoms with Gasteiger partial charge in [-0.05, 0) is 49.9 Å². The van der Waals surface area contributed by atoms with Crippen LogP contribution in [0.4, 0.5) is 0 Å². The fraction of sp³-hybridized carbons (Fsp3) is 0.588. The summed E-state index contributed by atoms with van der Waals surface area (Å²) in [6.45, 7) is 3.38. The average molecular weight is 270 g/mol. The summed E-state index contributed by atoms with van der Waals surface area (Å²) in [6, 6.07) is 8.54. The second kappa shape index (κ2) is 5.90. The molecule has 0 amide bonds. The van der Waals surface area contributed by atoms with Crippen molar-refractivity contribution >= 4 is 6.08 Å². The SMILES string of the molecule is O=C=NC1(c2ccccc2CN2CCCC2)CCCC1. The minimum absolute atomic E-state index is 0.294. The average Bonchev–Trinajstić information content (AvgIpc) is 3.12. The van der Waals surface area contributed by atoms with Crippen LogP contribution in [0.3, 0.4) is 0 Å². The van der Waals surface area contributed by atoms with Gasteiger partial charge in [0.15, 0.2) is 0 Å². The van der Waals surface area contributed by atoms with E-state index < -0.39 is 0 Å². The summed E-state index contributed by atoms with van der Waals surface area (Å²) in [5.41, 5.74) is 2.31. The smallest absolute Gasteiger partial charge is 0.235 e. The maximum atomic E-state index is 10.9. The summed E-state index contributed by atoms with van der Waals surface area (Å²) >= 11 is 0. The number of hydrogen-bond acceptors (Lipinski definition) is 3. The van der Waals surface area contributed by atoms with Gasteiger partial charge in [0.25, 0.3) is 0 Å². The fourth-order valence-electron chi connectivity index (χ4n) is 3.78. The number of isocyanates is 1. The fourth-order valence-corrected chi connectivity index (χ4v) is 3.78. The van der Waals surface area contributed by atoms with E-state index in [-0.39, 0.29) is 5.54 Å². The Balaban J connectivity index is 1.93. The molecule has 2 fully saturated rings. The lowest BCUT2D eigenvalue weighted by molar-refractivity contribution is 0.326. The van der Waals surface area contributed by atoms with E-state index in [2.05, 4.69) is 34.2 Å². The molecule has 1 aliphatic carbocycles. The highest BCUT2D eigenvalue weighted by Gasteiger charge is 2.37. The largest absolute Gasteiger partial charge is 0.299 e. The zero-order valence-corrected chi connectivity index (χ0v) is 12.0. The number of hydrogen-bond donors (Lipinski definition) is 0. The van der Waals surface area contributed by atoms with Crippen molar-refractivity contribution in [1.82, 2.24) is 4.90 Å². The molecule has 1 heterocycles. The maximum absolute atomic E-state index is 10.9. The van der Waals surface area contributed by atoms with Gasteiger partial charge in [0.05, 0.1) is 5.54 Å². The minimum Gasteiger partial charge on any atom is -0.299 e. The molecule has 0 spiro atoms. The van der Waals surface area contributed by atoms with Gasteiger partial charge >= 0.3 is 0 Å². The van der Waals surface area contributed by atoms with E-state index in [1.807, 2.05) is 6.08 Å². The van der Waals surface area contributed by atoms with E-state index >= 15 is 0 Å². The van der Waals surface area contributed by atoms with Crippen molar-refractivity contribution in [3.05, 3.63) is 35.4 Å². The van der Waals surface area contributed by atoms with Gasteiger partial charge in [-0.15, -0.1) is 0 Å². The van der Waals surface area contributed by atoms with Gasteiger partial charge in [0, 0.05) is 6.54 Å². The highest BCUT2D eigenvalue weighted by molar-refractivity contribution is 5.41. The van der Waals surface area contributed by atoms with E-state index in [0.717, 1.165) is 32.2 Å². The minimum atomic E-state index is -0.294. The lowest BCUT2D eigenvalue weighted by atomic mass is 9.85. The third-order valence-corrected chi connectivity index (χ3v) is 4.80. The van der Waals surface area contributed by atoms with Crippen LogP contribution in [0.5, 0.6) is 0 Å². The van der Waals surface area contributed by atoms with Crippen LogP contribution in [0.1, 0.15) is 49.7 Å². The van der Waals surface area contributed by atoms with Crippen molar-refractivity contribution in [2.24, 2.45) is 4.99 Å². The highest BCUT2D eigenvalue weighted by Crippen LogP contribution is 2.43. The van der Waals surface area contributed by atoms with Gasteiger partial charge in [-0.25, -0.2) is 4.79 Å². The van der Waals surface area contributed by atoms with Crippen molar-refractivity contribution < 1.29 is 4.79 Å². The summed E-state index contributed by atoms with van der Waals surface area (Å²) in [7, 11) is 0. The zero-order valence-electron chi connectivity index (χ0n) is 12.0. The Hall–Kier alpha value is -1.44. The Morgan fingerprint density at radius 2 is 1.80 bits per heavy atom. The summed E-state index contributed by atoms with van der Waals surface area (Å²) in [5.74, 6) is 0. The van der Waals surface area contributed by atoms with Gasteiger partial charge in [-0.3, -0.25) is 4.90 Å². The molecule has 2 aliphatic rings. The standard InChI is InChI=1S/C17H22N2O/c20-14-18-17(9-3-4-10-17)16-8-2-1-7-15(16)13-19-11-5-6-12-19/h1-2,7-8H,3-6,9-13H2. The second-order valence-electron chi connectivity index (χ2n) is 6.08. The molecule has 1 saturated heterocycles. The summed E-state index contributed by atoms with van der Waals surface area (Å²) in [4.78, 5) is 17.6. The number of carbonyl (C=O) groups excluding carboxylic acids is 1. The van der Waals surface area contributed by atoms with Crippen LogP contribution in [0.25, 0.3) is 0 Å². The first-order valence-electron chi connectivity index (χ1n) is 7.74. The van der Waals surface area contributed by atoms with Gasteiger partial charge in [0.2, 0.25) is 6.08 Å². The van der Waals surface area contributed by atoms with E-state index in [0.29, 0.717) is 0 Å². The second-order valence-corrected chi connectivity index (χ2v) is 6.08. The number of benzene rings is 1. The zero-order chi connectivity index (χ0) is 13.8. The quantitative estimate of drug-likeness (QED) is 0.620. The van der Waals surface area contributed by atoms with E-state index in [1.165, 1.54) is 37.1 Å². The van der Waals surface area contributed by atoms with Gasteiger partial charge in [-0.1, -0.05) is 37.1 Å². The molecule has 3 nitrogen and oxygen atoms in total. The Morgan fingerprint density at radius 1 is 1.10 bits per heavy atom. The molecule has 0 radical (unpaired) electrons. The van der Waals surface area contributed by atoms with Crippen molar-refractivity contribution in [1.29, 1.82) is 0 Å². The molecular weight excluding hydrogens is 248 g/mol. The van der Waals surface area contributed by atoms with Crippen LogP contribution >= 0.6 is 0 Å². The third kappa shape index (κ3) is 2.56. The van der Waals surface area contributed by atoms with Gasteiger partial charge < -0.3 is 0 Å². The molecule has 3 rings (SSSR count). The van der Waals surface area contributed by atoms with Crippen LogP contribution in [-0.2, 0) is 16.9 Å². The molecule has 1 saturated carbocycles. The van der Waals surface area contributed by atoms with Crippen molar-refractivity contribution in [2.45, 2.75) is 50.6 Å². The van der Waals surface area contributed by atoms with E-state index in [9.17, 15) is 4.79 Å². The number of rotatable bonds is 4. The summed E-state index contributed by atoms with van der Waals surface area (Å²) in [6.07, 6.45) is 8.72. The molecule has 0 N–H and O–H groups in total. The highest BCUT2D eigenvalue weighted by atomic mass is 16.1. The Morgan fingerprint density at radius 3 is 2.50 bits per heavy atom. The summed E-state index contributed by atoms with van der Waals surface area (Å²) < 4.78 is 0. The van der Waals surface area contributed by atoms with Crippen LogP contribution in [0, 0.1) is 0 Å². The topological polar surface area (TPSA) is 32.7 Å². The Labute approximate surface area is 120 Å². The lowest BCUT2D eigenvalue weighted by Gasteiger charge is -2.27. The first-order valence-corrected chi connectivity index (χ1v) is 7.74. The lowest BCUT2D eigenvalue weighted by Crippen LogP contribution is -2.25. The molecule has 1 aromatic carbocycles. The van der Waals surface area contributed by atoms with Crippen LogP contribution < -0.4 is 0 Å². The molecule has 3 heteroatoms. The Kier molecular flexibility index (Phi) is 4.00.